The molecule has 2 aromatic heterocycles. The molecule has 0 unspecified atom stereocenters. The molecular weight excluding hydrogens is 383 g/mol. The van der Waals surface area contributed by atoms with Gasteiger partial charge in [0.15, 0.2) is 6.10 Å². The molecule has 144 valence electrons. The molecule has 29 heavy (non-hydrogen) atoms. The molecule has 3 heterocycles. The van der Waals surface area contributed by atoms with Crippen LogP contribution >= 0.6 is 0 Å². The summed E-state index contributed by atoms with van der Waals surface area (Å²) in [6, 6.07) is 5.14. The Bertz CT molecular complexity index is 1140. The Morgan fingerprint density at radius 2 is 1.45 bits per heavy atom. The van der Waals surface area contributed by atoms with Crippen molar-refractivity contribution in [2.75, 3.05) is 0 Å². The predicted octanol–water partition coefficient (Wildman–Crippen LogP) is 3.82. The number of carbonyl (C=O) groups is 1. The first-order valence-electron chi connectivity index (χ1n) is 8.48. The second-order valence-electron chi connectivity index (χ2n) is 6.30. The molecule has 0 radical (unpaired) electrons. The zero-order valence-corrected chi connectivity index (χ0v) is 14.7. The summed E-state index contributed by atoms with van der Waals surface area (Å²) in [5, 5.41) is 2.61. The number of hydrogen-bond donors (Lipinski definition) is 1. The van der Waals surface area contributed by atoms with E-state index in [1.807, 2.05) is 0 Å². The zero-order chi connectivity index (χ0) is 20.4. The van der Waals surface area contributed by atoms with Crippen molar-refractivity contribution in [3.63, 3.8) is 0 Å². The van der Waals surface area contributed by atoms with Crippen LogP contribution in [0.25, 0.3) is 0 Å². The van der Waals surface area contributed by atoms with E-state index in [9.17, 15) is 18.0 Å². The Morgan fingerprint density at radius 1 is 0.793 bits per heavy atom. The number of hydrogen-bond acceptors (Lipinski definition) is 4. The van der Waals surface area contributed by atoms with Crippen molar-refractivity contribution >= 4 is 6.09 Å². The van der Waals surface area contributed by atoms with Crippen LogP contribution in [0.3, 0.4) is 0 Å². The van der Waals surface area contributed by atoms with Crippen molar-refractivity contribution in [1.29, 1.82) is 0 Å². The first-order chi connectivity index (χ1) is 14.0. The van der Waals surface area contributed by atoms with Crippen molar-refractivity contribution in [3.8, 4) is 11.8 Å². The number of amides is 1. The number of cyclic esters (lactones) is 1. The third kappa shape index (κ3) is 4.19. The number of alkyl carbamates (subject to hydrolysis) is 1. The predicted molar refractivity (Wildman–Crippen MR) is 95.9 cm³/mol. The van der Waals surface area contributed by atoms with Crippen LogP contribution in [0, 0.1) is 29.3 Å². The van der Waals surface area contributed by atoms with E-state index < -0.39 is 35.7 Å². The summed E-state index contributed by atoms with van der Waals surface area (Å²) in [7, 11) is 0. The quantitative estimate of drug-likeness (QED) is 0.670. The van der Waals surface area contributed by atoms with Crippen molar-refractivity contribution in [3.05, 3.63) is 94.8 Å². The van der Waals surface area contributed by atoms with Gasteiger partial charge in [-0.05, 0) is 29.8 Å². The van der Waals surface area contributed by atoms with Gasteiger partial charge < -0.3 is 10.1 Å². The second-order valence-corrected chi connectivity index (χ2v) is 6.30. The van der Waals surface area contributed by atoms with Crippen molar-refractivity contribution < 1.29 is 22.7 Å². The molecule has 4 rings (SSSR count). The van der Waals surface area contributed by atoms with E-state index in [2.05, 4.69) is 27.1 Å². The Labute approximate surface area is 163 Å². The maximum Gasteiger partial charge on any atom is 0.408 e. The van der Waals surface area contributed by atoms with Crippen molar-refractivity contribution in [2.45, 2.75) is 12.1 Å². The van der Waals surface area contributed by atoms with Gasteiger partial charge in [-0.3, -0.25) is 9.97 Å². The highest BCUT2D eigenvalue weighted by Gasteiger charge is 2.37. The van der Waals surface area contributed by atoms with Gasteiger partial charge in [-0.25, -0.2) is 18.0 Å². The van der Waals surface area contributed by atoms with Gasteiger partial charge in [0.1, 0.15) is 23.5 Å². The number of nitrogens with zero attached hydrogens (tertiary/aromatic N) is 2. The molecule has 1 N–H and O–H groups in total. The molecule has 1 fully saturated rings. The summed E-state index contributed by atoms with van der Waals surface area (Å²) in [6.45, 7) is 0. The minimum atomic E-state index is -0.940. The molecule has 1 amide bonds. The first kappa shape index (κ1) is 18.5. The monoisotopic (exact) mass is 395 g/mol. The van der Waals surface area contributed by atoms with Gasteiger partial charge in [-0.1, -0.05) is 11.8 Å². The number of carbonyl (C=O) groups excluding carboxylic acids is 1. The fraction of sp³-hybridized carbons (Fsp3) is 0.0952. The van der Waals surface area contributed by atoms with E-state index in [1.54, 1.807) is 6.07 Å². The molecule has 0 saturated carbocycles. The molecule has 0 bridgehead atoms. The average molecular weight is 395 g/mol. The lowest BCUT2D eigenvalue weighted by molar-refractivity contribution is 0.132. The Balaban J connectivity index is 1.65. The van der Waals surface area contributed by atoms with Crippen LogP contribution in [0.15, 0.2) is 55.1 Å². The number of rotatable bonds is 2. The largest absolute Gasteiger partial charge is 0.439 e. The number of aromatic nitrogens is 2. The van der Waals surface area contributed by atoms with Gasteiger partial charge in [0.25, 0.3) is 0 Å². The SMILES string of the molecule is O=C1N[C@H](c2cncc(C#Cc3cncc(F)c3)c2)[C@@H](c2cc(F)cc(F)c2)O1. The minimum absolute atomic E-state index is 0.174. The molecule has 1 aromatic carbocycles. The maximum absolute atomic E-state index is 13.6. The van der Waals surface area contributed by atoms with E-state index in [1.165, 1.54) is 24.7 Å². The Hall–Kier alpha value is -3.86. The Kier molecular flexibility index (Phi) is 4.87. The fourth-order valence-electron chi connectivity index (χ4n) is 3.00. The van der Waals surface area contributed by atoms with Gasteiger partial charge in [0.2, 0.25) is 0 Å². The molecular formula is C21H12F3N3O2. The van der Waals surface area contributed by atoms with Crippen molar-refractivity contribution in [2.24, 2.45) is 0 Å². The van der Waals surface area contributed by atoms with Crippen LogP contribution in [0.5, 0.6) is 0 Å². The number of benzene rings is 1. The third-order valence-electron chi connectivity index (χ3n) is 4.20. The van der Waals surface area contributed by atoms with E-state index in [0.29, 0.717) is 16.7 Å². The maximum atomic E-state index is 13.6. The Morgan fingerprint density at radius 3 is 2.14 bits per heavy atom. The van der Waals surface area contributed by atoms with E-state index in [4.69, 9.17) is 4.74 Å². The molecule has 2 atom stereocenters. The summed E-state index contributed by atoms with van der Waals surface area (Å²) in [5.41, 5.74) is 1.60. The molecule has 1 aliphatic heterocycles. The summed E-state index contributed by atoms with van der Waals surface area (Å²) in [5.74, 6) is 3.57. The van der Waals surface area contributed by atoms with Crippen molar-refractivity contribution in [1.82, 2.24) is 15.3 Å². The first-order valence-corrected chi connectivity index (χ1v) is 8.48. The van der Waals surface area contributed by atoms with Crippen LogP contribution in [0.1, 0.15) is 34.4 Å². The minimum Gasteiger partial charge on any atom is -0.439 e. The van der Waals surface area contributed by atoms with Gasteiger partial charge in [-0.2, -0.15) is 0 Å². The van der Waals surface area contributed by atoms with Crippen LogP contribution in [-0.4, -0.2) is 16.1 Å². The molecule has 8 heteroatoms. The van der Waals surface area contributed by atoms with Gasteiger partial charge >= 0.3 is 6.09 Å². The number of pyridine rings is 2. The van der Waals surface area contributed by atoms with E-state index in [0.717, 1.165) is 24.4 Å². The summed E-state index contributed by atoms with van der Waals surface area (Å²) in [6.07, 6.45) is 3.84. The second kappa shape index (κ2) is 7.64. The molecule has 1 saturated heterocycles. The van der Waals surface area contributed by atoms with E-state index >= 15 is 0 Å². The number of ether oxygens (including phenoxy) is 1. The standard InChI is InChI=1S/C21H12F3N3O2/c22-16-5-14(6-17(23)7-16)20-19(27-21(28)29-20)15-3-12(8-25-10-15)1-2-13-4-18(24)11-26-9-13/h3-11,19-20H,(H,27,28)/t19-,20-/m1/s1. The van der Waals surface area contributed by atoms with Gasteiger partial charge in [0.05, 0.1) is 6.20 Å². The smallest absolute Gasteiger partial charge is 0.408 e. The molecule has 3 aromatic rings. The highest BCUT2D eigenvalue weighted by molar-refractivity contribution is 5.71. The van der Waals surface area contributed by atoms with Crippen LogP contribution in [0.2, 0.25) is 0 Å². The topological polar surface area (TPSA) is 64.1 Å². The molecule has 0 spiro atoms. The fourth-order valence-corrected chi connectivity index (χ4v) is 3.00. The highest BCUT2D eigenvalue weighted by atomic mass is 19.1. The zero-order valence-electron chi connectivity index (χ0n) is 14.7. The van der Waals surface area contributed by atoms with Gasteiger partial charge in [0, 0.05) is 41.3 Å². The lowest BCUT2D eigenvalue weighted by atomic mass is 9.96. The van der Waals surface area contributed by atoms with E-state index in [-0.39, 0.29) is 5.56 Å². The lowest BCUT2D eigenvalue weighted by Gasteiger charge is -2.17. The van der Waals surface area contributed by atoms with Crippen LogP contribution in [-0.2, 0) is 4.74 Å². The molecule has 0 aliphatic carbocycles. The number of halogens is 3. The summed E-state index contributed by atoms with van der Waals surface area (Å²) >= 11 is 0. The summed E-state index contributed by atoms with van der Waals surface area (Å²) in [4.78, 5) is 19.6. The van der Waals surface area contributed by atoms with Crippen LogP contribution in [0.4, 0.5) is 18.0 Å². The third-order valence-corrected chi connectivity index (χ3v) is 4.20. The average Bonchev–Trinajstić information content (AvgIpc) is 3.08. The molecule has 1 aliphatic rings. The summed E-state index contributed by atoms with van der Waals surface area (Å²) < 4.78 is 45.6. The van der Waals surface area contributed by atoms with Crippen LogP contribution < -0.4 is 5.32 Å². The molecule has 5 nitrogen and oxygen atoms in total. The normalized spacial score (nSPS) is 17.8. The highest BCUT2D eigenvalue weighted by Crippen LogP contribution is 2.37. The van der Waals surface area contributed by atoms with Gasteiger partial charge in [-0.15, -0.1) is 0 Å². The lowest BCUT2D eigenvalue weighted by Crippen LogP contribution is -2.20. The number of nitrogens with one attached hydrogen (secondary N) is 1.